The molecule has 2 aromatic carbocycles. The van der Waals surface area contributed by atoms with Gasteiger partial charge in [0.15, 0.2) is 15.6 Å². The highest BCUT2D eigenvalue weighted by molar-refractivity contribution is 7.93. The summed E-state index contributed by atoms with van der Waals surface area (Å²) in [7, 11) is -3.78. The summed E-state index contributed by atoms with van der Waals surface area (Å²) in [5, 5.41) is 0.831. The lowest BCUT2D eigenvalue weighted by Crippen LogP contribution is -2.37. The zero-order valence-corrected chi connectivity index (χ0v) is 16.1. The molecule has 0 amide bonds. The molecule has 1 heterocycles. The van der Waals surface area contributed by atoms with Gasteiger partial charge in [0.05, 0.1) is 4.90 Å². The SMILES string of the molecule is O=C1C=C(c2ccccc2)C[C@@H](c2cccs2)[C@@H]1S(=O)(=O)c1ccccc1. The second-order valence-corrected chi connectivity index (χ2v) is 9.59. The molecule has 0 aliphatic heterocycles. The van der Waals surface area contributed by atoms with Gasteiger partial charge >= 0.3 is 0 Å². The summed E-state index contributed by atoms with van der Waals surface area (Å²) in [4.78, 5) is 14.2. The van der Waals surface area contributed by atoms with E-state index in [9.17, 15) is 13.2 Å². The number of rotatable bonds is 4. The van der Waals surface area contributed by atoms with Crippen LogP contribution in [0.3, 0.4) is 0 Å². The first-order chi connectivity index (χ1) is 13.1. The van der Waals surface area contributed by atoms with Crippen LogP contribution in [-0.2, 0) is 14.6 Å². The molecule has 0 bridgehead atoms. The average Bonchev–Trinajstić information content (AvgIpc) is 3.23. The Hall–Kier alpha value is -2.50. The van der Waals surface area contributed by atoms with Crippen molar-refractivity contribution >= 4 is 32.5 Å². The highest BCUT2D eigenvalue weighted by Gasteiger charge is 2.43. The van der Waals surface area contributed by atoms with E-state index < -0.39 is 15.1 Å². The van der Waals surface area contributed by atoms with Crippen molar-refractivity contribution in [3.63, 3.8) is 0 Å². The van der Waals surface area contributed by atoms with Crippen LogP contribution in [0.5, 0.6) is 0 Å². The van der Waals surface area contributed by atoms with Crippen molar-refractivity contribution in [3.05, 3.63) is 94.7 Å². The van der Waals surface area contributed by atoms with Crippen LogP contribution in [0.1, 0.15) is 22.8 Å². The molecular weight excluding hydrogens is 376 g/mol. The molecule has 0 fully saturated rings. The molecule has 3 nitrogen and oxygen atoms in total. The third-order valence-corrected chi connectivity index (χ3v) is 8.02. The smallest absolute Gasteiger partial charge is 0.189 e. The van der Waals surface area contributed by atoms with Crippen LogP contribution in [0.4, 0.5) is 0 Å². The fourth-order valence-electron chi connectivity index (χ4n) is 3.59. The standard InChI is InChI=1S/C22H18O3S2/c23-20-15-17(16-8-3-1-4-9-16)14-19(21-12-7-13-26-21)22(20)27(24,25)18-10-5-2-6-11-18/h1-13,15,19,22H,14H2/t19-,22-/m0/s1. The number of carbonyl (C=O) groups is 1. The first kappa shape index (κ1) is 17.9. The number of allylic oxidation sites excluding steroid dienone is 2. The summed E-state index contributed by atoms with van der Waals surface area (Å²) in [6.07, 6.45) is 2.04. The maximum absolute atomic E-state index is 13.3. The van der Waals surface area contributed by atoms with E-state index in [1.807, 2.05) is 47.8 Å². The van der Waals surface area contributed by atoms with E-state index in [4.69, 9.17) is 0 Å². The molecule has 3 aromatic rings. The summed E-state index contributed by atoms with van der Waals surface area (Å²) in [6.45, 7) is 0. The van der Waals surface area contributed by atoms with Gasteiger partial charge in [-0.3, -0.25) is 4.79 Å². The third-order valence-electron chi connectivity index (χ3n) is 4.86. The molecule has 0 unspecified atom stereocenters. The lowest BCUT2D eigenvalue weighted by atomic mass is 9.83. The van der Waals surface area contributed by atoms with Crippen molar-refractivity contribution in [1.29, 1.82) is 0 Å². The van der Waals surface area contributed by atoms with Crippen molar-refractivity contribution < 1.29 is 13.2 Å². The highest BCUT2D eigenvalue weighted by atomic mass is 32.2. The predicted molar refractivity (Wildman–Crippen MR) is 109 cm³/mol. The number of ketones is 1. The Morgan fingerprint density at radius 1 is 0.852 bits per heavy atom. The molecule has 5 heteroatoms. The van der Waals surface area contributed by atoms with E-state index in [-0.39, 0.29) is 16.6 Å². The Kier molecular flexibility index (Phi) is 4.81. The first-order valence-electron chi connectivity index (χ1n) is 8.69. The monoisotopic (exact) mass is 394 g/mol. The molecule has 4 rings (SSSR count). The van der Waals surface area contributed by atoms with Crippen molar-refractivity contribution in [2.45, 2.75) is 22.5 Å². The van der Waals surface area contributed by atoms with E-state index in [2.05, 4.69) is 0 Å². The predicted octanol–water partition coefficient (Wildman–Crippen LogP) is 4.73. The van der Waals surface area contributed by atoms with Crippen LogP contribution in [0.25, 0.3) is 5.57 Å². The summed E-state index contributed by atoms with van der Waals surface area (Å²) in [6, 6.07) is 21.8. The number of hydrogen-bond acceptors (Lipinski definition) is 4. The Morgan fingerprint density at radius 3 is 2.15 bits per heavy atom. The Morgan fingerprint density at radius 2 is 1.52 bits per heavy atom. The number of benzene rings is 2. The lowest BCUT2D eigenvalue weighted by Gasteiger charge is -2.29. The van der Waals surface area contributed by atoms with Crippen molar-refractivity contribution in [2.75, 3.05) is 0 Å². The van der Waals surface area contributed by atoms with Gasteiger partial charge in [-0.25, -0.2) is 8.42 Å². The molecule has 0 spiro atoms. The largest absolute Gasteiger partial charge is 0.293 e. The minimum absolute atomic E-state index is 0.196. The van der Waals surface area contributed by atoms with E-state index in [0.29, 0.717) is 6.42 Å². The van der Waals surface area contributed by atoms with E-state index in [1.54, 1.807) is 30.3 Å². The topological polar surface area (TPSA) is 51.2 Å². The molecule has 1 aliphatic rings. The van der Waals surface area contributed by atoms with Crippen LogP contribution in [0, 0.1) is 0 Å². The van der Waals surface area contributed by atoms with Gasteiger partial charge in [0.2, 0.25) is 0 Å². The Bertz CT molecular complexity index is 1070. The number of sulfone groups is 1. The molecule has 27 heavy (non-hydrogen) atoms. The summed E-state index contributed by atoms with van der Waals surface area (Å²) < 4.78 is 26.6. The fraction of sp³-hybridized carbons (Fsp3) is 0.136. The summed E-state index contributed by atoms with van der Waals surface area (Å²) in [5.41, 5.74) is 1.85. The fourth-order valence-corrected chi connectivity index (χ4v) is 6.42. The van der Waals surface area contributed by atoms with Gasteiger partial charge in [-0.2, -0.15) is 0 Å². The molecule has 0 radical (unpaired) electrons. The Labute approximate surface area is 162 Å². The van der Waals surface area contributed by atoms with Gasteiger partial charge in [0, 0.05) is 10.8 Å². The second kappa shape index (κ2) is 7.25. The van der Waals surface area contributed by atoms with Crippen LogP contribution < -0.4 is 0 Å². The highest BCUT2D eigenvalue weighted by Crippen LogP contribution is 2.42. The van der Waals surface area contributed by atoms with Gasteiger partial charge in [-0.05, 0) is 47.2 Å². The molecule has 2 atom stereocenters. The summed E-state index contributed by atoms with van der Waals surface area (Å²) >= 11 is 1.50. The number of hydrogen-bond donors (Lipinski definition) is 0. The van der Waals surface area contributed by atoms with E-state index in [0.717, 1.165) is 16.0 Å². The van der Waals surface area contributed by atoms with Gasteiger partial charge < -0.3 is 0 Å². The Balaban J connectivity index is 1.82. The third kappa shape index (κ3) is 3.40. The maximum Gasteiger partial charge on any atom is 0.189 e. The molecule has 0 saturated heterocycles. The van der Waals surface area contributed by atoms with Crippen molar-refractivity contribution in [1.82, 2.24) is 0 Å². The minimum Gasteiger partial charge on any atom is -0.293 e. The number of thiophene rings is 1. The van der Waals surface area contributed by atoms with Crippen LogP contribution in [0.2, 0.25) is 0 Å². The van der Waals surface area contributed by atoms with Gasteiger partial charge in [0.1, 0.15) is 5.25 Å². The molecule has 1 aliphatic carbocycles. The zero-order chi connectivity index (χ0) is 18.9. The maximum atomic E-state index is 13.3. The normalized spacial score (nSPS) is 20.3. The van der Waals surface area contributed by atoms with Crippen LogP contribution >= 0.6 is 11.3 Å². The van der Waals surface area contributed by atoms with Crippen LogP contribution in [0.15, 0.2) is 89.1 Å². The van der Waals surface area contributed by atoms with Crippen LogP contribution in [-0.4, -0.2) is 19.5 Å². The first-order valence-corrected chi connectivity index (χ1v) is 11.1. The van der Waals surface area contributed by atoms with Crippen molar-refractivity contribution in [2.24, 2.45) is 0 Å². The molecular formula is C22H18O3S2. The van der Waals surface area contributed by atoms with Gasteiger partial charge in [0.25, 0.3) is 0 Å². The quantitative estimate of drug-likeness (QED) is 0.643. The second-order valence-electron chi connectivity index (χ2n) is 6.54. The zero-order valence-electron chi connectivity index (χ0n) is 14.5. The molecule has 0 N–H and O–H groups in total. The summed E-state index contributed by atoms with van der Waals surface area (Å²) in [5.74, 6) is -0.731. The molecule has 0 saturated carbocycles. The average molecular weight is 395 g/mol. The van der Waals surface area contributed by atoms with Gasteiger partial charge in [-0.15, -0.1) is 11.3 Å². The lowest BCUT2D eigenvalue weighted by molar-refractivity contribution is -0.114. The van der Waals surface area contributed by atoms with Gasteiger partial charge in [-0.1, -0.05) is 54.6 Å². The van der Waals surface area contributed by atoms with E-state index >= 15 is 0 Å². The van der Waals surface area contributed by atoms with Crippen molar-refractivity contribution in [3.8, 4) is 0 Å². The number of carbonyl (C=O) groups excluding carboxylic acids is 1. The minimum atomic E-state index is -3.78. The molecule has 1 aromatic heterocycles. The molecule has 136 valence electrons. The van der Waals surface area contributed by atoms with E-state index in [1.165, 1.54) is 17.4 Å².